The maximum Gasteiger partial charge on any atom is 0.336 e. The fourth-order valence-electron chi connectivity index (χ4n) is 2.19. The van der Waals surface area contributed by atoms with Crippen LogP contribution in [0.5, 0.6) is 0 Å². The van der Waals surface area contributed by atoms with E-state index in [2.05, 4.69) is 4.98 Å². The molecule has 2 aromatic rings. The smallest absolute Gasteiger partial charge is 0.336 e. The van der Waals surface area contributed by atoms with Crippen LogP contribution in [0.2, 0.25) is 5.15 Å². The number of aromatic carboxylic acids is 2. The predicted molar refractivity (Wildman–Crippen MR) is 78.0 cm³/mol. The number of pyridine rings is 1. The summed E-state index contributed by atoms with van der Waals surface area (Å²) in [5, 5.41) is 19.0. The maximum absolute atomic E-state index is 11.6. The number of nitrogens with zero attached hydrogens (tertiary/aromatic N) is 1. The van der Waals surface area contributed by atoms with Crippen molar-refractivity contribution >= 4 is 23.5 Å². The molecule has 108 valence electrons. The minimum Gasteiger partial charge on any atom is -0.478 e. The first kappa shape index (κ1) is 15.0. The fraction of sp³-hybridized carbons (Fsp3) is 0.133. The summed E-state index contributed by atoms with van der Waals surface area (Å²) in [5.41, 5.74) is 1.04. The molecule has 2 rings (SSSR count). The van der Waals surface area contributed by atoms with Crippen molar-refractivity contribution < 1.29 is 19.8 Å². The maximum atomic E-state index is 11.6. The van der Waals surface area contributed by atoms with Crippen LogP contribution in [0.25, 0.3) is 11.1 Å². The molecule has 1 heterocycles. The van der Waals surface area contributed by atoms with Crippen molar-refractivity contribution in [2.24, 2.45) is 0 Å². The number of hydrogen-bond acceptors (Lipinski definition) is 3. The zero-order valence-electron chi connectivity index (χ0n) is 11.1. The van der Waals surface area contributed by atoms with Gasteiger partial charge in [-0.1, -0.05) is 24.6 Å². The lowest BCUT2D eigenvalue weighted by atomic mass is 9.90. The Morgan fingerprint density at radius 1 is 1.14 bits per heavy atom. The topological polar surface area (TPSA) is 87.5 Å². The van der Waals surface area contributed by atoms with Crippen LogP contribution < -0.4 is 0 Å². The summed E-state index contributed by atoms with van der Waals surface area (Å²) in [7, 11) is 0. The van der Waals surface area contributed by atoms with Gasteiger partial charge in [0, 0.05) is 17.3 Å². The highest BCUT2D eigenvalue weighted by molar-refractivity contribution is 6.29. The summed E-state index contributed by atoms with van der Waals surface area (Å²) in [5.74, 6) is -2.36. The van der Waals surface area contributed by atoms with Crippen LogP contribution >= 0.6 is 11.6 Å². The first-order valence-corrected chi connectivity index (χ1v) is 6.57. The van der Waals surface area contributed by atoms with Crippen molar-refractivity contribution in [2.75, 3.05) is 0 Å². The standard InChI is InChI=1S/C15H12ClNO4/c1-2-8-3-5-10(14(18)19)12(13(8)15(20)21)9-4-6-11(16)17-7-9/h3-7H,2H2,1H3,(H,18,19)(H,20,21). The van der Waals surface area contributed by atoms with Crippen molar-refractivity contribution in [1.82, 2.24) is 4.98 Å². The van der Waals surface area contributed by atoms with Gasteiger partial charge in [-0.05, 0) is 30.2 Å². The summed E-state index contributed by atoms with van der Waals surface area (Å²) in [4.78, 5) is 26.9. The second kappa shape index (κ2) is 5.93. The monoisotopic (exact) mass is 305 g/mol. The molecule has 1 aromatic carbocycles. The summed E-state index contributed by atoms with van der Waals surface area (Å²) in [6.07, 6.45) is 1.85. The molecule has 6 heteroatoms. The van der Waals surface area contributed by atoms with E-state index in [0.29, 0.717) is 17.5 Å². The summed E-state index contributed by atoms with van der Waals surface area (Å²) < 4.78 is 0. The van der Waals surface area contributed by atoms with Crippen LogP contribution in [0.1, 0.15) is 33.2 Å². The third-order valence-corrected chi connectivity index (χ3v) is 3.36. The molecule has 1 aromatic heterocycles. The van der Waals surface area contributed by atoms with Crippen molar-refractivity contribution in [3.05, 3.63) is 52.3 Å². The van der Waals surface area contributed by atoms with Gasteiger partial charge in [-0.15, -0.1) is 0 Å². The molecule has 0 spiro atoms. The van der Waals surface area contributed by atoms with Crippen molar-refractivity contribution in [1.29, 1.82) is 0 Å². The number of hydrogen-bond donors (Lipinski definition) is 2. The number of benzene rings is 1. The second-order valence-corrected chi connectivity index (χ2v) is 4.74. The molecule has 0 saturated heterocycles. The van der Waals surface area contributed by atoms with Gasteiger partial charge in [-0.2, -0.15) is 0 Å². The minimum atomic E-state index is -1.19. The Bertz CT molecular complexity index is 710. The van der Waals surface area contributed by atoms with Gasteiger partial charge < -0.3 is 10.2 Å². The molecule has 0 atom stereocenters. The third-order valence-electron chi connectivity index (χ3n) is 3.13. The van der Waals surface area contributed by atoms with E-state index in [1.54, 1.807) is 6.07 Å². The van der Waals surface area contributed by atoms with Crippen LogP contribution in [-0.4, -0.2) is 27.1 Å². The lowest BCUT2D eigenvalue weighted by Gasteiger charge is -2.13. The average Bonchev–Trinajstić information content (AvgIpc) is 2.46. The number of carboxylic acid groups (broad SMARTS) is 2. The van der Waals surface area contributed by atoms with Crippen LogP contribution in [0.3, 0.4) is 0 Å². The molecule has 0 aliphatic rings. The van der Waals surface area contributed by atoms with Crippen LogP contribution in [-0.2, 0) is 6.42 Å². The van der Waals surface area contributed by atoms with E-state index in [1.165, 1.54) is 24.4 Å². The Morgan fingerprint density at radius 3 is 2.33 bits per heavy atom. The molecule has 0 unspecified atom stereocenters. The largest absolute Gasteiger partial charge is 0.478 e. The van der Waals surface area contributed by atoms with Crippen molar-refractivity contribution in [2.45, 2.75) is 13.3 Å². The lowest BCUT2D eigenvalue weighted by Crippen LogP contribution is -2.10. The Labute approximate surface area is 125 Å². The highest BCUT2D eigenvalue weighted by atomic mass is 35.5. The van der Waals surface area contributed by atoms with Crippen LogP contribution in [0.4, 0.5) is 0 Å². The number of carbonyl (C=O) groups is 2. The Morgan fingerprint density at radius 2 is 1.86 bits per heavy atom. The average molecular weight is 306 g/mol. The quantitative estimate of drug-likeness (QED) is 0.846. The van der Waals surface area contributed by atoms with E-state index in [-0.39, 0.29) is 21.8 Å². The Balaban J connectivity index is 2.84. The molecular weight excluding hydrogens is 294 g/mol. The molecule has 0 amide bonds. The Kier molecular flexibility index (Phi) is 4.23. The molecule has 0 saturated carbocycles. The fourth-order valence-corrected chi connectivity index (χ4v) is 2.30. The van der Waals surface area contributed by atoms with E-state index in [1.807, 2.05) is 6.92 Å². The van der Waals surface area contributed by atoms with Gasteiger partial charge in [0.1, 0.15) is 5.15 Å². The van der Waals surface area contributed by atoms with E-state index in [4.69, 9.17) is 11.6 Å². The number of aromatic nitrogens is 1. The molecule has 0 aliphatic carbocycles. The molecular formula is C15H12ClNO4. The van der Waals surface area contributed by atoms with E-state index < -0.39 is 11.9 Å². The normalized spacial score (nSPS) is 10.4. The molecule has 2 N–H and O–H groups in total. The van der Waals surface area contributed by atoms with E-state index >= 15 is 0 Å². The first-order valence-electron chi connectivity index (χ1n) is 6.20. The molecule has 0 aliphatic heterocycles. The third kappa shape index (κ3) is 2.87. The Hall–Kier alpha value is -2.40. The van der Waals surface area contributed by atoms with E-state index in [0.717, 1.165) is 0 Å². The highest BCUT2D eigenvalue weighted by Gasteiger charge is 2.23. The van der Waals surface area contributed by atoms with Gasteiger partial charge in [0.2, 0.25) is 0 Å². The van der Waals surface area contributed by atoms with E-state index in [9.17, 15) is 19.8 Å². The first-order chi connectivity index (χ1) is 9.95. The zero-order chi connectivity index (χ0) is 15.6. The predicted octanol–water partition coefficient (Wildman–Crippen LogP) is 3.36. The van der Waals surface area contributed by atoms with Crippen LogP contribution in [0.15, 0.2) is 30.5 Å². The van der Waals surface area contributed by atoms with Crippen molar-refractivity contribution in [3.8, 4) is 11.1 Å². The summed E-state index contributed by atoms with van der Waals surface area (Å²) in [6.45, 7) is 1.81. The number of carboxylic acids is 2. The SMILES string of the molecule is CCc1ccc(C(=O)O)c(-c2ccc(Cl)nc2)c1C(=O)O. The number of aryl methyl sites for hydroxylation is 1. The lowest BCUT2D eigenvalue weighted by molar-refractivity contribution is 0.0695. The number of halogens is 1. The molecule has 0 bridgehead atoms. The molecule has 0 fully saturated rings. The second-order valence-electron chi connectivity index (χ2n) is 4.36. The zero-order valence-corrected chi connectivity index (χ0v) is 11.9. The van der Waals surface area contributed by atoms with Gasteiger partial charge in [0.05, 0.1) is 11.1 Å². The molecule has 0 radical (unpaired) electrons. The van der Waals surface area contributed by atoms with Gasteiger partial charge in [-0.3, -0.25) is 0 Å². The highest BCUT2D eigenvalue weighted by Crippen LogP contribution is 2.31. The summed E-state index contributed by atoms with van der Waals surface area (Å²) >= 11 is 5.72. The molecule has 21 heavy (non-hydrogen) atoms. The van der Waals surface area contributed by atoms with Gasteiger partial charge in [-0.25, -0.2) is 14.6 Å². The van der Waals surface area contributed by atoms with Gasteiger partial charge in [0.25, 0.3) is 0 Å². The molecule has 5 nitrogen and oxygen atoms in total. The van der Waals surface area contributed by atoms with Crippen molar-refractivity contribution in [3.63, 3.8) is 0 Å². The minimum absolute atomic E-state index is 0.0125. The van der Waals surface area contributed by atoms with Gasteiger partial charge in [0.15, 0.2) is 0 Å². The van der Waals surface area contributed by atoms with Crippen LogP contribution in [0, 0.1) is 0 Å². The number of rotatable bonds is 4. The summed E-state index contributed by atoms with van der Waals surface area (Å²) in [6, 6.07) is 5.99. The van der Waals surface area contributed by atoms with Gasteiger partial charge >= 0.3 is 11.9 Å².